The Kier molecular flexibility index (Phi) is 6.17. The fourth-order valence-corrected chi connectivity index (χ4v) is 2.55. The minimum Gasteiger partial charge on any atom is -0.480 e. The predicted molar refractivity (Wildman–Crippen MR) is 81.8 cm³/mol. The molecule has 4 nitrogen and oxygen atoms in total. The lowest BCUT2D eigenvalue weighted by atomic mass is 9.86. The number of hydrogen-bond acceptors (Lipinski definition) is 3. The van der Waals surface area contributed by atoms with Crippen LogP contribution in [0.4, 0.5) is 0 Å². The number of likely N-dealkylation sites (N-methyl/N-ethyl adjacent to an activating group) is 1. The summed E-state index contributed by atoms with van der Waals surface area (Å²) < 4.78 is 0. The molecule has 0 heterocycles. The Bertz CT molecular complexity index is 420. The topological polar surface area (TPSA) is 52.6 Å². The standard InChI is InChI=1S/C16H26N2O2/c1-13(2)12-18(4)11-10-16(17-3,15(19)20)14-8-6-5-7-9-14/h5-9,13,17H,10-12H2,1-4H3,(H,19,20). The number of carbonyl (C=O) groups is 1. The molecule has 0 fully saturated rings. The van der Waals surface area contributed by atoms with Gasteiger partial charge in [0, 0.05) is 13.1 Å². The van der Waals surface area contributed by atoms with E-state index in [1.54, 1.807) is 7.05 Å². The van der Waals surface area contributed by atoms with Crippen LogP contribution in [-0.2, 0) is 10.3 Å². The first-order valence-corrected chi connectivity index (χ1v) is 7.08. The molecule has 1 unspecified atom stereocenters. The Labute approximate surface area is 121 Å². The molecule has 0 aliphatic carbocycles. The smallest absolute Gasteiger partial charge is 0.328 e. The zero-order valence-electron chi connectivity index (χ0n) is 12.9. The van der Waals surface area contributed by atoms with E-state index < -0.39 is 11.5 Å². The lowest BCUT2D eigenvalue weighted by Gasteiger charge is -2.32. The first-order chi connectivity index (χ1) is 9.42. The van der Waals surface area contributed by atoms with Gasteiger partial charge in [0.1, 0.15) is 5.54 Å². The highest BCUT2D eigenvalue weighted by molar-refractivity contribution is 5.80. The van der Waals surface area contributed by atoms with E-state index in [-0.39, 0.29) is 0 Å². The van der Waals surface area contributed by atoms with Gasteiger partial charge in [-0.05, 0) is 32.0 Å². The molecular weight excluding hydrogens is 252 g/mol. The largest absolute Gasteiger partial charge is 0.480 e. The van der Waals surface area contributed by atoms with Gasteiger partial charge in [-0.15, -0.1) is 0 Å². The molecule has 0 radical (unpaired) electrons. The molecule has 0 amide bonds. The fraction of sp³-hybridized carbons (Fsp3) is 0.562. The third-order valence-electron chi connectivity index (χ3n) is 3.60. The number of hydrogen-bond donors (Lipinski definition) is 2. The van der Waals surface area contributed by atoms with E-state index in [9.17, 15) is 9.90 Å². The van der Waals surface area contributed by atoms with Gasteiger partial charge < -0.3 is 15.3 Å². The van der Waals surface area contributed by atoms with Crippen molar-refractivity contribution in [2.45, 2.75) is 25.8 Å². The van der Waals surface area contributed by atoms with Gasteiger partial charge in [-0.1, -0.05) is 44.2 Å². The second kappa shape index (κ2) is 7.41. The van der Waals surface area contributed by atoms with Gasteiger partial charge in [0.15, 0.2) is 0 Å². The van der Waals surface area contributed by atoms with Crippen molar-refractivity contribution in [3.8, 4) is 0 Å². The average molecular weight is 278 g/mol. The van der Waals surface area contributed by atoms with Crippen LogP contribution in [0.3, 0.4) is 0 Å². The van der Waals surface area contributed by atoms with Crippen LogP contribution >= 0.6 is 0 Å². The molecule has 2 N–H and O–H groups in total. The van der Waals surface area contributed by atoms with Gasteiger partial charge in [0.05, 0.1) is 0 Å². The van der Waals surface area contributed by atoms with Crippen molar-refractivity contribution in [3.63, 3.8) is 0 Å². The number of carboxylic acid groups (broad SMARTS) is 1. The molecule has 112 valence electrons. The quantitative estimate of drug-likeness (QED) is 0.765. The highest BCUT2D eigenvalue weighted by atomic mass is 16.4. The number of nitrogens with zero attached hydrogens (tertiary/aromatic N) is 1. The van der Waals surface area contributed by atoms with E-state index in [0.717, 1.165) is 18.7 Å². The summed E-state index contributed by atoms with van der Waals surface area (Å²) in [7, 11) is 3.75. The second-order valence-corrected chi connectivity index (χ2v) is 5.73. The first kappa shape index (κ1) is 16.7. The number of rotatable bonds is 8. The monoisotopic (exact) mass is 278 g/mol. The van der Waals surface area contributed by atoms with Crippen LogP contribution in [0.5, 0.6) is 0 Å². The van der Waals surface area contributed by atoms with Gasteiger partial charge in [0.25, 0.3) is 0 Å². The number of benzene rings is 1. The van der Waals surface area contributed by atoms with E-state index in [1.165, 1.54) is 0 Å². The van der Waals surface area contributed by atoms with Crippen molar-refractivity contribution in [1.82, 2.24) is 10.2 Å². The van der Waals surface area contributed by atoms with Crippen molar-refractivity contribution < 1.29 is 9.90 Å². The van der Waals surface area contributed by atoms with Crippen LogP contribution in [0.2, 0.25) is 0 Å². The molecule has 4 heteroatoms. The van der Waals surface area contributed by atoms with E-state index in [1.807, 2.05) is 37.4 Å². The highest BCUT2D eigenvalue weighted by Gasteiger charge is 2.38. The van der Waals surface area contributed by atoms with Crippen LogP contribution < -0.4 is 5.32 Å². The molecule has 0 aromatic heterocycles. The Morgan fingerprint density at radius 3 is 2.40 bits per heavy atom. The zero-order valence-corrected chi connectivity index (χ0v) is 12.9. The molecule has 20 heavy (non-hydrogen) atoms. The molecular formula is C16H26N2O2. The number of nitrogens with one attached hydrogen (secondary N) is 1. The molecule has 0 spiro atoms. The minimum absolute atomic E-state index is 0.534. The van der Waals surface area contributed by atoms with Crippen molar-refractivity contribution in [2.24, 2.45) is 5.92 Å². The van der Waals surface area contributed by atoms with Crippen LogP contribution in [-0.4, -0.2) is 43.2 Å². The van der Waals surface area contributed by atoms with Gasteiger partial charge in [-0.25, -0.2) is 4.79 Å². The summed E-state index contributed by atoms with van der Waals surface area (Å²) in [6.45, 7) is 6.03. The number of carboxylic acids is 1. The molecule has 0 aliphatic heterocycles. The molecule has 1 aromatic rings. The van der Waals surface area contributed by atoms with Gasteiger partial charge in [-0.3, -0.25) is 0 Å². The third kappa shape index (κ3) is 4.05. The molecule has 1 aromatic carbocycles. The predicted octanol–water partition coefficient (Wildman–Crippen LogP) is 2.16. The molecule has 0 saturated carbocycles. The summed E-state index contributed by atoms with van der Waals surface area (Å²) in [5, 5.41) is 12.7. The van der Waals surface area contributed by atoms with E-state index in [2.05, 4.69) is 24.1 Å². The second-order valence-electron chi connectivity index (χ2n) is 5.73. The van der Waals surface area contributed by atoms with Crippen molar-refractivity contribution in [3.05, 3.63) is 35.9 Å². The summed E-state index contributed by atoms with van der Waals surface area (Å²) >= 11 is 0. The molecule has 1 rings (SSSR count). The van der Waals surface area contributed by atoms with Crippen molar-refractivity contribution in [2.75, 3.05) is 27.2 Å². The summed E-state index contributed by atoms with van der Waals surface area (Å²) in [5.74, 6) is -0.255. The Morgan fingerprint density at radius 1 is 1.35 bits per heavy atom. The third-order valence-corrected chi connectivity index (χ3v) is 3.60. The maximum absolute atomic E-state index is 11.8. The summed E-state index contributed by atoms with van der Waals surface area (Å²) in [4.78, 5) is 14.0. The van der Waals surface area contributed by atoms with Gasteiger partial charge in [-0.2, -0.15) is 0 Å². The molecule has 0 bridgehead atoms. The lowest BCUT2D eigenvalue weighted by Crippen LogP contribution is -2.49. The van der Waals surface area contributed by atoms with Crippen LogP contribution in [0.1, 0.15) is 25.8 Å². The summed E-state index contributed by atoms with van der Waals surface area (Å²) in [6, 6.07) is 9.39. The van der Waals surface area contributed by atoms with Crippen molar-refractivity contribution in [1.29, 1.82) is 0 Å². The average Bonchev–Trinajstić information content (AvgIpc) is 2.40. The van der Waals surface area contributed by atoms with Crippen molar-refractivity contribution >= 4 is 5.97 Å². The Balaban J connectivity index is 2.88. The van der Waals surface area contributed by atoms with Crippen LogP contribution in [0, 0.1) is 5.92 Å². The van der Waals surface area contributed by atoms with Crippen LogP contribution in [0.25, 0.3) is 0 Å². The highest BCUT2D eigenvalue weighted by Crippen LogP contribution is 2.25. The van der Waals surface area contributed by atoms with Gasteiger partial charge in [0.2, 0.25) is 0 Å². The normalized spacial score (nSPS) is 14.5. The molecule has 1 atom stereocenters. The van der Waals surface area contributed by atoms with E-state index in [0.29, 0.717) is 12.3 Å². The molecule has 0 aliphatic rings. The summed E-state index contributed by atoms with van der Waals surface area (Å²) in [5.41, 5.74) is -0.222. The maximum Gasteiger partial charge on any atom is 0.328 e. The SMILES string of the molecule is CNC(CCN(C)CC(C)C)(C(=O)O)c1ccccc1. The maximum atomic E-state index is 11.8. The zero-order chi connectivity index (χ0) is 15.2. The number of aliphatic carboxylic acids is 1. The van der Waals surface area contributed by atoms with Crippen LogP contribution in [0.15, 0.2) is 30.3 Å². The van der Waals surface area contributed by atoms with Gasteiger partial charge >= 0.3 is 5.97 Å². The van der Waals surface area contributed by atoms with E-state index in [4.69, 9.17) is 0 Å². The van der Waals surface area contributed by atoms with E-state index >= 15 is 0 Å². The minimum atomic E-state index is -1.02. The summed E-state index contributed by atoms with van der Waals surface area (Å²) in [6.07, 6.45) is 0.534. The Morgan fingerprint density at radius 2 is 1.95 bits per heavy atom. The molecule has 0 saturated heterocycles. The fourth-order valence-electron chi connectivity index (χ4n) is 2.55. The first-order valence-electron chi connectivity index (χ1n) is 7.08. The Hall–Kier alpha value is -1.39. The lowest BCUT2D eigenvalue weighted by molar-refractivity contribution is -0.145.